The summed E-state index contributed by atoms with van der Waals surface area (Å²) in [6.45, 7) is 2.68. The Labute approximate surface area is 123 Å². The number of hydrogen-bond acceptors (Lipinski definition) is 4. The van der Waals surface area contributed by atoms with Gasteiger partial charge in [0.25, 0.3) is 0 Å². The zero-order chi connectivity index (χ0) is 13.2. The number of nitrogens with zero attached hydrogens (tertiary/aromatic N) is 3. The van der Waals surface area contributed by atoms with E-state index in [2.05, 4.69) is 38.0 Å². The molecule has 2 heterocycles. The molecule has 0 bridgehead atoms. The van der Waals surface area contributed by atoms with Gasteiger partial charge in [-0.15, -0.1) is 0 Å². The number of hydrogen-bond donors (Lipinski definition) is 1. The highest BCUT2D eigenvalue weighted by molar-refractivity contribution is 14.1. The summed E-state index contributed by atoms with van der Waals surface area (Å²) in [6.07, 6.45) is 1.56. The highest BCUT2D eigenvalue weighted by Crippen LogP contribution is 2.30. The van der Waals surface area contributed by atoms with E-state index in [0.717, 1.165) is 34.5 Å². The van der Waals surface area contributed by atoms with E-state index in [1.807, 2.05) is 22.9 Å². The fourth-order valence-electron chi connectivity index (χ4n) is 2.18. The Bertz CT molecular complexity index is 673. The number of rotatable bonds is 2. The summed E-state index contributed by atoms with van der Waals surface area (Å²) < 4.78 is 3.19. The molecule has 0 unspecified atom stereocenters. The van der Waals surface area contributed by atoms with Crippen LogP contribution in [0.5, 0.6) is 0 Å². The number of aromatic nitrogens is 2. The Balaban J connectivity index is 2.09. The van der Waals surface area contributed by atoms with Gasteiger partial charge in [-0.25, -0.2) is 4.79 Å². The van der Waals surface area contributed by atoms with Crippen molar-refractivity contribution in [3.05, 3.63) is 33.5 Å². The first-order valence-electron chi connectivity index (χ1n) is 5.94. The second-order valence-corrected chi connectivity index (χ2v) is 5.34. The van der Waals surface area contributed by atoms with E-state index in [1.165, 1.54) is 5.69 Å². The van der Waals surface area contributed by atoms with Crippen molar-refractivity contribution in [1.82, 2.24) is 15.1 Å². The Kier molecular flexibility index (Phi) is 3.46. The van der Waals surface area contributed by atoms with Crippen molar-refractivity contribution in [3.8, 4) is 11.3 Å². The van der Waals surface area contributed by atoms with Gasteiger partial charge in [0.15, 0.2) is 0 Å². The van der Waals surface area contributed by atoms with Crippen molar-refractivity contribution in [2.75, 3.05) is 6.54 Å². The first-order valence-corrected chi connectivity index (χ1v) is 7.01. The number of isocyanates is 1. The smallest absolute Gasteiger partial charge is 0.240 e. The van der Waals surface area contributed by atoms with Gasteiger partial charge < -0.3 is 5.32 Å². The fourth-order valence-corrected chi connectivity index (χ4v) is 3.07. The Hall–Kier alpha value is -1.50. The summed E-state index contributed by atoms with van der Waals surface area (Å²) in [7, 11) is 0. The van der Waals surface area contributed by atoms with Crippen LogP contribution in [0.15, 0.2) is 29.3 Å². The molecule has 1 aliphatic heterocycles. The predicted molar refractivity (Wildman–Crippen MR) is 79.9 cm³/mol. The minimum absolute atomic E-state index is 0.604. The summed E-state index contributed by atoms with van der Waals surface area (Å²) in [6, 6.07) is 7.49. The van der Waals surface area contributed by atoms with Crippen molar-refractivity contribution >= 4 is 34.4 Å². The number of benzene rings is 1. The Morgan fingerprint density at radius 3 is 3.16 bits per heavy atom. The Morgan fingerprint density at radius 2 is 2.37 bits per heavy atom. The SMILES string of the molecule is O=C=Nc1cccc(-c2nn3c(c2I)CNCC3)c1. The lowest BCUT2D eigenvalue weighted by molar-refractivity contribution is 0.475. The van der Waals surface area contributed by atoms with E-state index in [1.54, 1.807) is 12.1 Å². The summed E-state index contributed by atoms with van der Waals surface area (Å²) >= 11 is 2.32. The van der Waals surface area contributed by atoms with E-state index in [0.29, 0.717) is 5.69 Å². The van der Waals surface area contributed by atoms with Gasteiger partial charge in [-0.05, 0) is 34.7 Å². The van der Waals surface area contributed by atoms with Gasteiger partial charge in [-0.2, -0.15) is 10.1 Å². The van der Waals surface area contributed by atoms with Crippen molar-refractivity contribution in [2.45, 2.75) is 13.1 Å². The molecule has 0 saturated heterocycles. The summed E-state index contributed by atoms with van der Waals surface area (Å²) in [5.74, 6) is 0. The fraction of sp³-hybridized carbons (Fsp3) is 0.231. The lowest BCUT2D eigenvalue weighted by atomic mass is 10.1. The largest absolute Gasteiger partial charge is 0.309 e. The molecular weight excluding hydrogens is 355 g/mol. The second kappa shape index (κ2) is 5.24. The van der Waals surface area contributed by atoms with E-state index in [-0.39, 0.29) is 0 Å². The molecule has 0 spiro atoms. The van der Waals surface area contributed by atoms with Gasteiger partial charge in [0.1, 0.15) is 5.69 Å². The van der Waals surface area contributed by atoms with Gasteiger partial charge in [0, 0.05) is 18.7 Å². The molecule has 0 amide bonds. The highest BCUT2D eigenvalue weighted by atomic mass is 127. The number of halogens is 1. The molecule has 5 nitrogen and oxygen atoms in total. The first kappa shape index (κ1) is 12.5. The van der Waals surface area contributed by atoms with Crippen LogP contribution in [0.4, 0.5) is 5.69 Å². The van der Waals surface area contributed by atoms with Gasteiger partial charge in [0.2, 0.25) is 6.08 Å². The van der Waals surface area contributed by atoms with Crippen LogP contribution in [-0.4, -0.2) is 22.4 Å². The normalized spacial score (nSPS) is 13.7. The van der Waals surface area contributed by atoms with Crippen LogP contribution in [0.2, 0.25) is 0 Å². The van der Waals surface area contributed by atoms with E-state index >= 15 is 0 Å². The molecule has 0 fully saturated rings. The molecule has 0 aliphatic carbocycles. The molecule has 0 saturated carbocycles. The van der Waals surface area contributed by atoms with Crippen LogP contribution in [0, 0.1) is 3.57 Å². The minimum Gasteiger partial charge on any atom is -0.309 e. The monoisotopic (exact) mass is 366 g/mol. The Morgan fingerprint density at radius 1 is 1.47 bits per heavy atom. The van der Waals surface area contributed by atoms with Gasteiger partial charge in [0.05, 0.1) is 21.5 Å². The maximum absolute atomic E-state index is 10.3. The standard InChI is InChI=1S/C13H11IN4O/c14-12-11-7-15-4-5-18(11)17-13(12)9-2-1-3-10(6-9)16-8-19/h1-3,6,15H,4-5,7H2. The zero-order valence-corrected chi connectivity index (χ0v) is 12.2. The second-order valence-electron chi connectivity index (χ2n) is 4.26. The molecular formula is C13H11IN4O. The zero-order valence-electron chi connectivity index (χ0n) is 10.1. The molecule has 19 heavy (non-hydrogen) atoms. The lowest BCUT2D eigenvalue weighted by Gasteiger charge is -2.14. The van der Waals surface area contributed by atoms with Crippen molar-refractivity contribution in [2.24, 2.45) is 4.99 Å². The van der Waals surface area contributed by atoms with Crippen LogP contribution in [0.25, 0.3) is 11.3 Å². The van der Waals surface area contributed by atoms with Crippen LogP contribution in [0.3, 0.4) is 0 Å². The van der Waals surface area contributed by atoms with Crippen LogP contribution in [0.1, 0.15) is 5.69 Å². The molecule has 1 aromatic carbocycles. The summed E-state index contributed by atoms with van der Waals surface area (Å²) in [5.41, 5.74) is 3.74. The van der Waals surface area contributed by atoms with Gasteiger partial charge in [-0.1, -0.05) is 12.1 Å². The van der Waals surface area contributed by atoms with Crippen LogP contribution in [-0.2, 0) is 17.9 Å². The molecule has 1 aromatic heterocycles. The first-order chi connectivity index (χ1) is 9.29. The molecule has 0 radical (unpaired) electrons. The molecule has 0 atom stereocenters. The highest BCUT2D eigenvalue weighted by Gasteiger charge is 2.19. The molecule has 2 aromatic rings. The third kappa shape index (κ3) is 2.34. The number of fused-ring (bicyclic) bond motifs is 1. The van der Waals surface area contributed by atoms with E-state index < -0.39 is 0 Å². The van der Waals surface area contributed by atoms with E-state index in [4.69, 9.17) is 0 Å². The van der Waals surface area contributed by atoms with Crippen molar-refractivity contribution in [1.29, 1.82) is 0 Å². The summed E-state index contributed by atoms with van der Waals surface area (Å²) in [4.78, 5) is 14.0. The van der Waals surface area contributed by atoms with Crippen LogP contribution < -0.4 is 5.32 Å². The third-order valence-electron chi connectivity index (χ3n) is 3.08. The average molecular weight is 366 g/mol. The molecule has 1 N–H and O–H groups in total. The lowest BCUT2D eigenvalue weighted by Crippen LogP contribution is -2.28. The summed E-state index contributed by atoms with van der Waals surface area (Å²) in [5, 5.41) is 7.99. The number of carbonyl (C=O) groups excluding carboxylic acids is 1. The van der Waals surface area contributed by atoms with E-state index in [9.17, 15) is 4.79 Å². The molecule has 96 valence electrons. The quantitative estimate of drug-likeness (QED) is 0.504. The van der Waals surface area contributed by atoms with Crippen molar-refractivity contribution in [3.63, 3.8) is 0 Å². The van der Waals surface area contributed by atoms with Crippen molar-refractivity contribution < 1.29 is 4.79 Å². The minimum atomic E-state index is 0.604. The van der Waals surface area contributed by atoms with Gasteiger partial charge in [-0.3, -0.25) is 4.68 Å². The third-order valence-corrected chi connectivity index (χ3v) is 4.21. The molecule has 3 rings (SSSR count). The maximum Gasteiger partial charge on any atom is 0.240 e. The van der Waals surface area contributed by atoms with Gasteiger partial charge >= 0.3 is 0 Å². The predicted octanol–water partition coefficient (Wildman–Crippen LogP) is 2.23. The topological polar surface area (TPSA) is 59.3 Å². The molecule has 1 aliphatic rings. The number of aliphatic imine (C=N–C) groups is 1. The average Bonchev–Trinajstić information content (AvgIpc) is 2.78. The number of nitrogens with one attached hydrogen (secondary N) is 1. The maximum atomic E-state index is 10.3. The molecule has 6 heteroatoms. The van der Waals surface area contributed by atoms with Crippen LogP contribution >= 0.6 is 22.6 Å².